The summed E-state index contributed by atoms with van der Waals surface area (Å²) in [6, 6.07) is 21.3. The smallest absolute Gasteiger partial charge is 0.258 e. The lowest BCUT2D eigenvalue weighted by Gasteiger charge is -2.18. The Morgan fingerprint density at radius 3 is 2.62 bits per heavy atom. The minimum Gasteiger partial charge on any atom is -0.456 e. The van der Waals surface area contributed by atoms with E-state index >= 15 is 0 Å². The molecule has 7 nitrogen and oxygen atoms in total. The van der Waals surface area contributed by atoms with Crippen LogP contribution in [0.5, 0.6) is 11.5 Å². The first-order valence-corrected chi connectivity index (χ1v) is 11.0. The maximum Gasteiger partial charge on any atom is 0.258 e. The van der Waals surface area contributed by atoms with Crippen molar-refractivity contribution in [1.82, 2.24) is 15.3 Å². The van der Waals surface area contributed by atoms with Crippen molar-refractivity contribution >= 4 is 22.9 Å². The van der Waals surface area contributed by atoms with E-state index in [0.717, 1.165) is 39.5 Å². The molecule has 0 aliphatic carbocycles. The molecule has 166 valence electrons. The molecule has 1 amide bonds. The van der Waals surface area contributed by atoms with Crippen LogP contribution in [0.2, 0.25) is 0 Å². The zero-order valence-electron chi connectivity index (χ0n) is 18.4. The van der Waals surface area contributed by atoms with Crippen LogP contribution in [-0.2, 0) is 4.79 Å². The number of aryl methyl sites for hydroxylation is 1. The Kier molecular flexibility index (Phi) is 4.73. The predicted octanol–water partition coefficient (Wildman–Crippen LogP) is 4.95. The fraction of sp³-hybridized carbons (Fsp3) is 0.0741. The highest BCUT2D eigenvalue weighted by Crippen LogP contribution is 2.41. The molecule has 4 heterocycles. The van der Waals surface area contributed by atoms with E-state index in [1.807, 2.05) is 73.7 Å². The van der Waals surface area contributed by atoms with Crippen molar-refractivity contribution in [2.75, 3.05) is 10.6 Å². The molecule has 6 rings (SSSR count). The number of ether oxygens (including phenoxy) is 1. The first-order chi connectivity index (χ1) is 16.6. The van der Waals surface area contributed by atoms with E-state index in [4.69, 9.17) is 4.74 Å². The molecule has 0 bridgehead atoms. The molecule has 0 spiro atoms. The van der Waals surface area contributed by atoms with E-state index in [1.165, 1.54) is 0 Å². The first kappa shape index (κ1) is 20.0. The van der Waals surface area contributed by atoms with Gasteiger partial charge in [-0.05, 0) is 55.0 Å². The van der Waals surface area contributed by atoms with Crippen LogP contribution in [-0.4, -0.2) is 22.0 Å². The zero-order chi connectivity index (χ0) is 23.1. The molecule has 1 atom stereocenters. The molecule has 0 radical (unpaired) electrons. The third kappa shape index (κ3) is 3.84. The Hall–Kier alpha value is -4.65. The van der Waals surface area contributed by atoms with Crippen molar-refractivity contribution in [2.24, 2.45) is 0 Å². The van der Waals surface area contributed by atoms with Crippen LogP contribution in [0.4, 0.5) is 11.4 Å². The number of hydrogen-bond donors (Lipinski definition) is 3. The Morgan fingerprint density at radius 1 is 0.912 bits per heavy atom. The molecule has 1 unspecified atom stereocenters. The summed E-state index contributed by atoms with van der Waals surface area (Å²) >= 11 is 0. The molecule has 2 aliphatic heterocycles. The minimum atomic E-state index is -0.171. The summed E-state index contributed by atoms with van der Waals surface area (Å²) in [4.78, 5) is 21.9. The third-order valence-electron chi connectivity index (χ3n) is 5.78. The largest absolute Gasteiger partial charge is 0.456 e. The first-order valence-electron chi connectivity index (χ1n) is 11.0. The Balaban J connectivity index is 1.32. The number of nitrogens with zero attached hydrogens (tertiary/aromatic N) is 2. The van der Waals surface area contributed by atoms with Crippen LogP contribution in [0.1, 0.15) is 11.3 Å². The minimum absolute atomic E-state index is 0.0143. The maximum atomic E-state index is 13.3. The summed E-state index contributed by atoms with van der Waals surface area (Å²) < 4.78 is 5.95. The Bertz CT molecular complexity index is 1430. The molecule has 34 heavy (non-hydrogen) atoms. The van der Waals surface area contributed by atoms with Gasteiger partial charge in [0.05, 0.1) is 29.4 Å². The average molecular weight is 447 g/mol. The SMILES string of the molecule is Cc1ccc(NC(=O)C2=C3NC3Nc3ccc(-c4cncc(Oc5ccccc5)c4)cc32)cn1. The van der Waals surface area contributed by atoms with Gasteiger partial charge in [-0.1, -0.05) is 24.3 Å². The molecular weight excluding hydrogens is 426 g/mol. The van der Waals surface area contributed by atoms with Gasteiger partial charge < -0.3 is 20.7 Å². The van der Waals surface area contributed by atoms with Gasteiger partial charge in [-0.3, -0.25) is 14.8 Å². The monoisotopic (exact) mass is 447 g/mol. The summed E-state index contributed by atoms with van der Waals surface area (Å²) in [5.74, 6) is 1.22. The lowest BCUT2D eigenvalue weighted by Crippen LogP contribution is -2.19. The summed E-state index contributed by atoms with van der Waals surface area (Å²) in [6.45, 7) is 1.91. The van der Waals surface area contributed by atoms with Crippen LogP contribution in [0, 0.1) is 6.92 Å². The standard InChI is InChI=1S/C27H21N5O2/c1-16-7-9-19(14-29-16)30-27(33)24-22-12-17(8-10-23(22)31-26-25(24)32-26)18-11-21(15-28-13-18)34-20-5-3-2-4-6-20/h2-15,26,31-32H,1H3,(H,30,33). The molecule has 7 heteroatoms. The van der Waals surface area contributed by atoms with Gasteiger partial charge in [-0.15, -0.1) is 0 Å². The van der Waals surface area contributed by atoms with E-state index in [2.05, 4.69) is 25.9 Å². The number of anilines is 2. The number of fused-ring (bicyclic) bond motifs is 2. The molecule has 1 saturated heterocycles. The fourth-order valence-electron chi connectivity index (χ4n) is 4.03. The number of benzene rings is 2. The number of hydrogen-bond acceptors (Lipinski definition) is 6. The van der Waals surface area contributed by atoms with E-state index in [1.54, 1.807) is 18.6 Å². The summed E-state index contributed by atoms with van der Waals surface area (Å²) in [7, 11) is 0. The van der Waals surface area contributed by atoms with Gasteiger partial charge in [0.15, 0.2) is 0 Å². The predicted molar refractivity (Wildman–Crippen MR) is 131 cm³/mol. The normalized spacial score (nSPS) is 15.4. The Morgan fingerprint density at radius 2 is 1.79 bits per heavy atom. The van der Waals surface area contributed by atoms with E-state index in [0.29, 0.717) is 17.0 Å². The molecule has 2 aromatic carbocycles. The maximum absolute atomic E-state index is 13.3. The number of pyridine rings is 2. The lowest BCUT2D eigenvalue weighted by atomic mass is 9.95. The molecule has 1 fully saturated rings. The molecular formula is C27H21N5O2. The summed E-state index contributed by atoms with van der Waals surface area (Å²) in [5.41, 5.74) is 6.65. The summed E-state index contributed by atoms with van der Waals surface area (Å²) in [5, 5.41) is 9.64. The van der Waals surface area contributed by atoms with Crippen molar-refractivity contribution in [3.05, 3.63) is 102 Å². The van der Waals surface area contributed by atoms with Crippen molar-refractivity contribution in [1.29, 1.82) is 0 Å². The lowest BCUT2D eigenvalue weighted by molar-refractivity contribution is -0.111. The van der Waals surface area contributed by atoms with E-state index in [9.17, 15) is 4.79 Å². The van der Waals surface area contributed by atoms with Gasteiger partial charge in [0.1, 0.15) is 17.7 Å². The number of carbonyl (C=O) groups is 1. The van der Waals surface area contributed by atoms with Crippen molar-refractivity contribution in [3.63, 3.8) is 0 Å². The topological polar surface area (TPSA) is 98.1 Å². The highest BCUT2D eigenvalue weighted by molar-refractivity contribution is 6.28. The second-order valence-electron chi connectivity index (χ2n) is 8.24. The van der Waals surface area contributed by atoms with Gasteiger partial charge in [0.25, 0.3) is 5.91 Å². The number of aromatic nitrogens is 2. The second-order valence-corrected chi connectivity index (χ2v) is 8.24. The highest BCUT2D eigenvalue weighted by atomic mass is 16.5. The van der Waals surface area contributed by atoms with Gasteiger partial charge >= 0.3 is 0 Å². The van der Waals surface area contributed by atoms with Crippen LogP contribution in [0.15, 0.2) is 91.0 Å². The third-order valence-corrected chi connectivity index (χ3v) is 5.78. The Labute approximate surface area is 196 Å². The van der Waals surface area contributed by atoms with E-state index < -0.39 is 0 Å². The highest BCUT2D eigenvalue weighted by Gasteiger charge is 2.40. The second kappa shape index (κ2) is 8.04. The molecule has 2 aliphatic rings. The number of amides is 1. The van der Waals surface area contributed by atoms with Crippen LogP contribution >= 0.6 is 0 Å². The number of carbonyl (C=O) groups excluding carboxylic acids is 1. The van der Waals surface area contributed by atoms with Gasteiger partial charge in [0, 0.05) is 28.7 Å². The van der Waals surface area contributed by atoms with Crippen LogP contribution < -0.4 is 20.7 Å². The van der Waals surface area contributed by atoms with Crippen molar-refractivity contribution in [2.45, 2.75) is 13.1 Å². The zero-order valence-corrected chi connectivity index (χ0v) is 18.4. The van der Waals surface area contributed by atoms with Crippen LogP contribution in [0.25, 0.3) is 16.7 Å². The fourth-order valence-corrected chi connectivity index (χ4v) is 4.03. The molecule has 4 aromatic rings. The van der Waals surface area contributed by atoms with Gasteiger partial charge in [-0.25, -0.2) is 0 Å². The van der Waals surface area contributed by atoms with Gasteiger partial charge in [0.2, 0.25) is 0 Å². The number of para-hydroxylation sites is 1. The van der Waals surface area contributed by atoms with Crippen molar-refractivity contribution in [3.8, 4) is 22.6 Å². The molecule has 2 aromatic heterocycles. The average Bonchev–Trinajstić information content (AvgIpc) is 3.63. The van der Waals surface area contributed by atoms with Crippen LogP contribution in [0.3, 0.4) is 0 Å². The number of rotatable bonds is 5. The van der Waals surface area contributed by atoms with Gasteiger partial charge in [-0.2, -0.15) is 0 Å². The van der Waals surface area contributed by atoms with E-state index in [-0.39, 0.29) is 12.1 Å². The molecule has 3 N–H and O–H groups in total. The number of nitrogens with one attached hydrogen (secondary N) is 3. The quantitative estimate of drug-likeness (QED) is 0.375. The van der Waals surface area contributed by atoms with Crippen molar-refractivity contribution < 1.29 is 9.53 Å². The summed E-state index contributed by atoms with van der Waals surface area (Å²) in [6.07, 6.45) is 5.13. The molecule has 0 saturated carbocycles.